The van der Waals surface area contributed by atoms with Crippen molar-refractivity contribution in [1.29, 1.82) is 0 Å². The van der Waals surface area contributed by atoms with Crippen LogP contribution in [-0.2, 0) is 11.8 Å². The number of carbonyl (C=O) groups excluding carboxylic acids is 1. The van der Waals surface area contributed by atoms with Gasteiger partial charge in [0.25, 0.3) is 0 Å². The molecule has 0 aliphatic heterocycles. The van der Waals surface area contributed by atoms with E-state index in [1.54, 1.807) is 7.05 Å². The van der Waals surface area contributed by atoms with Crippen LogP contribution in [0.25, 0.3) is 0 Å². The highest BCUT2D eigenvalue weighted by molar-refractivity contribution is 5.74. The number of nitrogens with zero attached hydrogens (tertiary/aromatic N) is 4. The SMILES string of the molecule is Cn1nnc(C(N)CC(N)=O)n1. The first-order valence-corrected chi connectivity index (χ1v) is 3.37. The van der Waals surface area contributed by atoms with E-state index in [0.717, 1.165) is 0 Å². The molecule has 0 spiro atoms. The van der Waals surface area contributed by atoms with E-state index < -0.39 is 11.9 Å². The Morgan fingerprint density at radius 2 is 2.42 bits per heavy atom. The summed E-state index contributed by atoms with van der Waals surface area (Å²) >= 11 is 0. The van der Waals surface area contributed by atoms with Crippen molar-refractivity contribution in [3.63, 3.8) is 0 Å². The van der Waals surface area contributed by atoms with Gasteiger partial charge in [0.05, 0.1) is 13.1 Å². The maximum Gasteiger partial charge on any atom is 0.219 e. The first-order valence-electron chi connectivity index (χ1n) is 3.37. The van der Waals surface area contributed by atoms with Crippen LogP contribution in [0, 0.1) is 0 Å². The normalized spacial score (nSPS) is 12.8. The van der Waals surface area contributed by atoms with Gasteiger partial charge in [-0.05, 0) is 5.21 Å². The summed E-state index contributed by atoms with van der Waals surface area (Å²) in [6.45, 7) is 0. The molecule has 0 aliphatic carbocycles. The topological polar surface area (TPSA) is 113 Å². The van der Waals surface area contributed by atoms with Crippen LogP contribution in [0.5, 0.6) is 0 Å². The quantitative estimate of drug-likeness (QED) is 0.549. The largest absolute Gasteiger partial charge is 0.370 e. The highest BCUT2D eigenvalue weighted by Gasteiger charge is 2.13. The number of nitrogens with two attached hydrogens (primary N) is 2. The van der Waals surface area contributed by atoms with Crippen LogP contribution in [0.4, 0.5) is 0 Å². The second kappa shape index (κ2) is 3.26. The molecule has 1 unspecified atom stereocenters. The molecule has 66 valence electrons. The molecular formula is C5H10N6O. The molecular weight excluding hydrogens is 160 g/mol. The van der Waals surface area contributed by atoms with E-state index in [2.05, 4.69) is 15.4 Å². The van der Waals surface area contributed by atoms with Crippen LogP contribution in [-0.4, -0.2) is 26.1 Å². The first kappa shape index (κ1) is 8.60. The molecule has 0 saturated heterocycles. The number of aromatic nitrogens is 4. The Morgan fingerprint density at radius 1 is 1.75 bits per heavy atom. The summed E-state index contributed by atoms with van der Waals surface area (Å²) in [6.07, 6.45) is 0.0334. The third kappa shape index (κ3) is 1.99. The highest BCUT2D eigenvalue weighted by atomic mass is 16.1. The summed E-state index contributed by atoms with van der Waals surface area (Å²) in [5.41, 5.74) is 10.5. The van der Waals surface area contributed by atoms with Gasteiger partial charge in [0.1, 0.15) is 0 Å². The van der Waals surface area contributed by atoms with E-state index in [9.17, 15) is 4.79 Å². The van der Waals surface area contributed by atoms with Crippen molar-refractivity contribution in [3.05, 3.63) is 5.82 Å². The van der Waals surface area contributed by atoms with Gasteiger partial charge in [-0.25, -0.2) is 0 Å². The van der Waals surface area contributed by atoms with E-state index in [0.29, 0.717) is 5.82 Å². The molecule has 1 aromatic heterocycles. The lowest BCUT2D eigenvalue weighted by Crippen LogP contribution is -2.21. The summed E-state index contributed by atoms with van der Waals surface area (Å²) in [6, 6.07) is -0.559. The van der Waals surface area contributed by atoms with Crippen LogP contribution >= 0.6 is 0 Å². The number of tetrazole rings is 1. The van der Waals surface area contributed by atoms with Gasteiger partial charge >= 0.3 is 0 Å². The van der Waals surface area contributed by atoms with Gasteiger partial charge in [-0.2, -0.15) is 4.80 Å². The van der Waals surface area contributed by atoms with E-state index in [-0.39, 0.29) is 6.42 Å². The fraction of sp³-hybridized carbons (Fsp3) is 0.600. The van der Waals surface area contributed by atoms with Crippen molar-refractivity contribution in [2.24, 2.45) is 18.5 Å². The zero-order chi connectivity index (χ0) is 9.14. The predicted octanol–water partition coefficient (Wildman–Crippen LogP) is -1.91. The summed E-state index contributed by atoms with van der Waals surface area (Å²) in [5.74, 6) is -0.147. The van der Waals surface area contributed by atoms with Crippen LogP contribution in [0.1, 0.15) is 18.3 Å². The Hall–Kier alpha value is -1.50. The Kier molecular flexibility index (Phi) is 2.34. The van der Waals surface area contributed by atoms with E-state index >= 15 is 0 Å². The standard InChI is InChI=1S/C5H10N6O/c1-11-9-5(8-10-11)3(6)2-4(7)12/h3H,2,6H2,1H3,(H2,7,12). The minimum Gasteiger partial charge on any atom is -0.370 e. The third-order valence-corrected chi connectivity index (χ3v) is 1.28. The molecule has 0 aromatic carbocycles. The molecule has 1 rings (SSSR count). The maximum absolute atomic E-state index is 10.4. The van der Waals surface area contributed by atoms with Crippen molar-refractivity contribution in [2.45, 2.75) is 12.5 Å². The molecule has 1 atom stereocenters. The van der Waals surface area contributed by atoms with Crippen LogP contribution < -0.4 is 11.5 Å². The molecule has 7 nitrogen and oxygen atoms in total. The fourth-order valence-corrected chi connectivity index (χ4v) is 0.755. The number of carbonyl (C=O) groups is 1. The lowest BCUT2D eigenvalue weighted by atomic mass is 10.2. The number of rotatable bonds is 3. The molecule has 0 fully saturated rings. The number of primary amides is 1. The molecule has 0 radical (unpaired) electrons. The molecule has 0 bridgehead atoms. The Morgan fingerprint density at radius 3 is 2.83 bits per heavy atom. The number of hydrogen-bond donors (Lipinski definition) is 2. The van der Waals surface area contributed by atoms with Gasteiger partial charge in [-0.1, -0.05) is 0 Å². The van der Waals surface area contributed by atoms with E-state index in [1.807, 2.05) is 0 Å². The zero-order valence-corrected chi connectivity index (χ0v) is 6.64. The number of aryl methyl sites for hydroxylation is 1. The third-order valence-electron chi connectivity index (χ3n) is 1.28. The Labute approximate surface area is 68.7 Å². The molecule has 4 N–H and O–H groups in total. The fourth-order valence-electron chi connectivity index (χ4n) is 0.755. The van der Waals surface area contributed by atoms with Gasteiger partial charge in [0.2, 0.25) is 5.91 Å². The zero-order valence-electron chi connectivity index (χ0n) is 6.64. The first-order chi connectivity index (χ1) is 5.59. The summed E-state index contributed by atoms with van der Waals surface area (Å²) in [4.78, 5) is 11.7. The van der Waals surface area contributed by atoms with E-state index in [1.165, 1.54) is 4.80 Å². The van der Waals surface area contributed by atoms with Gasteiger partial charge in [0, 0.05) is 6.42 Å². The molecule has 1 heterocycles. The predicted molar refractivity (Wildman–Crippen MR) is 39.5 cm³/mol. The summed E-state index contributed by atoms with van der Waals surface area (Å²) in [7, 11) is 1.62. The van der Waals surface area contributed by atoms with Gasteiger partial charge < -0.3 is 11.5 Å². The molecule has 1 amide bonds. The van der Waals surface area contributed by atoms with Crippen LogP contribution in [0.15, 0.2) is 0 Å². The lowest BCUT2D eigenvalue weighted by Gasteiger charge is -2.01. The average Bonchev–Trinajstić information content (AvgIpc) is 2.34. The van der Waals surface area contributed by atoms with Crippen molar-refractivity contribution in [2.75, 3.05) is 0 Å². The maximum atomic E-state index is 10.4. The molecule has 0 aliphatic rings. The lowest BCUT2D eigenvalue weighted by molar-refractivity contribution is -0.118. The number of amides is 1. The summed E-state index contributed by atoms with van der Waals surface area (Å²) in [5, 5.41) is 11.0. The van der Waals surface area contributed by atoms with Gasteiger partial charge in [-0.3, -0.25) is 4.79 Å². The van der Waals surface area contributed by atoms with Crippen LogP contribution in [0.2, 0.25) is 0 Å². The number of hydrogen-bond acceptors (Lipinski definition) is 5. The molecule has 1 aromatic rings. The van der Waals surface area contributed by atoms with Gasteiger partial charge in [-0.15, -0.1) is 10.2 Å². The second-order valence-corrected chi connectivity index (χ2v) is 2.41. The van der Waals surface area contributed by atoms with Crippen molar-refractivity contribution >= 4 is 5.91 Å². The smallest absolute Gasteiger partial charge is 0.219 e. The minimum atomic E-state index is -0.559. The Balaban J connectivity index is 2.64. The van der Waals surface area contributed by atoms with Crippen molar-refractivity contribution in [3.8, 4) is 0 Å². The van der Waals surface area contributed by atoms with Crippen LogP contribution in [0.3, 0.4) is 0 Å². The molecule has 7 heteroatoms. The van der Waals surface area contributed by atoms with Crippen molar-refractivity contribution in [1.82, 2.24) is 20.2 Å². The molecule has 0 saturated carbocycles. The highest BCUT2D eigenvalue weighted by Crippen LogP contribution is 2.05. The molecule has 12 heavy (non-hydrogen) atoms. The second-order valence-electron chi connectivity index (χ2n) is 2.41. The average molecular weight is 170 g/mol. The Bertz CT molecular complexity index is 281. The monoisotopic (exact) mass is 170 g/mol. The van der Waals surface area contributed by atoms with E-state index in [4.69, 9.17) is 11.5 Å². The minimum absolute atomic E-state index is 0.0334. The summed E-state index contributed by atoms with van der Waals surface area (Å²) < 4.78 is 0. The van der Waals surface area contributed by atoms with Gasteiger partial charge in [0.15, 0.2) is 5.82 Å². The van der Waals surface area contributed by atoms with Crippen molar-refractivity contribution < 1.29 is 4.79 Å².